The lowest BCUT2D eigenvalue weighted by molar-refractivity contribution is 0.0247. The lowest BCUT2D eigenvalue weighted by Gasteiger charge is -2.20. The maximum absolute atomic E-state index is 14.1. The van der Waals surface area contributed by atoms with E-state index in [0.717, 1.165) is 12.1 Å². The van der Waals surface area contributed by atoms with Crippen molar-refractivity contribution in [2.24, 2.45) is 0 Å². The fourth-order valence-corrected chi connectivity index (χ4v) is 3.14. The molecule has 0 bridgehead atoms. The summed E-state index contributed by atoms with van der Waals surface area (Å²) >= 11 is 0. The van der Waals surface area contributed by atoms with Crippen LogP contribution in [0.5, 0.6) is 0 Å². The molecule has 1 N–H and O–H groups in total. The van der Waals surface area contributed by atoms with Crippen LogP contribution in [-0.2, 0) is 9.84 Å². The molecule has 0 saturated heterocycles. The van der Waals surface area contributed by atoms with Crippen LogP contribution in [0.2, 0.25) is 0 Å². The maximum atomic E-state index is 14.1. The molecular weight excluding hydrogens is 298 g/mol. The zero-order valence-electron chi connectivity index (χ0n) is 11.0. The third-order valence-electron chi connectivity index (χ3n) is 3.06. The van der Waals surface area contributed by atoms with E-state index in [9.17, 15) is 22.3 Å². The molecule has 1 unspecified atom stereocenters. The quantitative estimate of drug-likeness (QED) is 0.922. The van der Waals surface area contributed by atoms with Crippen LogP contribution in [0, 0.1) is 0 Å². The van der Waals surface area contributed by atoms with Crippen molar-refractivity contribution in [2.45, 2.75) is 22.7 Å². The van der Waals surface area contributed by atoms with Gasteiger partial charge in [-0.2, -0.15) is 8.78 Å². The largest absolute Gasteiger partial charge is 0.388 e. The van der Waals surface area contributed by atoms with Crippen molar-refractivity contribution in [1.29, 1.82) is 0 Å². The molecule has 2 aromatic carbocycles. The topological polar surface area (TPSA) is 54.4 Å². The average molecular weight is 312 g/mol. The van der Waals surface area contributed by atoms with Gasteiger partial charge in [-0.3, -0.25) is 0 Å². The number of hydrogen-bond acceptors (Lipinski definition) is 3. The van der Waals surface area contributed by atoms with Crippen molar-refractivity contribution in [1.82, 2.24) is 0 Å². The molecule has 0 aromatic heterocycles. The summed E-state index contributed by atoms with van der Waals surface area (Å²) in [5.41, 5.74) is 0.250. The van der Waals surface area contributed by atoms with Crippen molar-refractivity contribution < 1.29 is 22.3 Å². The van der Waals surface area contributed by atoms with Gasteiger partial charge in [-0.25, -0.2) is 8.42 Å². The zero-order chi connectivity index (χ0) is 15.5. The Labute approximate surface area is 121 Å². The van der Waals surface area contributed by atoms with E-state index in [-0.39, 0.29) is 5.56 Å². The summed E-state index contributed by atoms with van der Waals surface area (Å²) < 4.78 is 52.1. The van der Waals surface area contributed by atoms with E-state index in [1.807, 2.05) is 0 Å². The van der Waals surface area contributed by atoms with E-state index < -0.39 is 32.5 Å². The first-order valence-electron chi connectivity index (χ1n) is 6.25. The molecule has 2 rings (SSSR count). The summed E-state index contributed by atoms with van der Waals surface area (Å²) in [6.45, 7) is 0. The van der Waals surface area contributed by atoms with Gasteiger partial charge in [-0.05, 0) is 17.7 Å². The van der Waals surface area contributed by atoms with Crippen LogP contribution in [0.25, 0.3) is 0 Å². The molecule has 0 aliphatic carbocycles. The van der Waals surface area contributed by atoms with Gasteiger partial charge < -0.3 is 5.11 Å². The lowest BCUT2D eigenvalue weighted by atomic mass is 10.1. The number of aliphatic hydroxyl groups is 1. The molecule has 3 nitrogen and oxygen atoms in total. The van der Waals surface area contributed by atoms with Crippen molar-refractivity contribution in [3.05, 3.63) is 66.2 Å². The minimum Gasteiger partial charge on any atom is -0.388 e. The van der Waals surface area contributed by atoms with Gasteiger partial charge in [0, 0.05) is 0 Å². The number of alkyl halides is 2. The molecule has 6 heteroatoms. The number of sulfone groups is 1. The van der Waals surface area contributed by atoms with E-state index >= 15 is 0 Å². The predicted molar refractivity (Wildman–Crippen MR) is 74.6 cm³/mol. The first-order chi connectivity index (χ1) is 9.84. The van der Waals surface area contributed by atoms with Gasteiger partial charge in [0.15, 0.2) is 0 Å². The maximum Gasteiger partial charge on any atom is 0.352 e. The summed E-state index contributed by atoms with van der Waals surface area (Å²) in [4.78, 5) is -0.463. The fourth-order valence-electron chi connectivity index (χ4n) is 1.90. The Morgan fingerprint density at radius 2 is 1.43 bits per heavy atom. The normalized spacial score (nSPS) is 13.9. The van der Waals surface area contributed by atoms with Gasteiger partial charge in [-0.15, -0.1) is 0 Å². The molecule has 0 radical (unpaired) electrons. The molecule has 0 heterocycles. The molecule has 21 heavy (non-hydrogen) atoms. The van der Waals surface area contributed by atoms with Crippen LogP contribution in [0.3, 0.4) is 0 Å². The monoisotopic (exact) mass is 312 g/mol. The van der Waals surface area contributed by atoms with Crippen molar-refractivity contribution in [3.8, 4) is 0 Å². The third-order valence-corrected chi connectivity index (χ3v) is 4.91. The second-order valence-electron chi connectivity index (χ2n) is 4.58. The Bertz CT molecular complexity index is 685. The summed E-state index contributed by atoms with van der Waals surface area (Å²) in [5.74, 6) is 0. The Morgan fingerprint density at radius 3 is 1.95 bits per heavy atom. The highest BCUT2D eigenvalue weighted by Crippen LogP contribution is 2.36. The predicted octanol–water partition coefficient (Wildman–Crippen LogP) is 3.18. The number of rotatable bonds is 5. The van der Waals surface area contributed by atoms with Crippen molar-refractivity contribution in [2.75, 3.05) is 0 Å². The van der Waals surface area contributed by atoms with Crippen molar-refractivity contribution in [3.63, 3.8) is 0 Å². The highest BCUT2D eigenvalue weighted by molar-refractivity contribution is 7.92. The minimum atomic E-state index is -4.83. The van der Waals surface area contributed by atoms with E-state index in [1.165, 1.54) is 30.3 Å². The van der Waals surface area contributed by atoms with Crippen LogP contribution >= 0.6 is 0 Å². The molecule has 1 atom stereocenters. The fraction of sp³-hybridized carbons (Fsp3) is 0.200. The molecule has 112 valence electrons. The second-order valence-corrected chi connectivity index (χ2v) is 6.66. The number of hydrogen-bond donors (Lipinski definition) is 1. The third kappa shape index (κ3) is 3.28. The van der Waals surface area contributed by atoms with E-state index in [1.54, 1.807) is 18.2 Å². The van der Waals surface area contributed by atoms with E-state index in [0.29, 0.717) is 0 Å². The first kappa shape index (κ1) is 15.6. The van der Waals surface area contributed by atoms with Crippen LogP contribution in [0.15, 0.2) is 65.6 Å². The molecular formula is C15H14F2O3S. The molecule has 0 amide bonds. The van der Waals surface area contributed by atoms with Gasteiger partial charge in [0.1, 0.15) is 0 Å². The van der Waals surface area contributed by atoms with Crippen LogP contribution in [0.4, 0.5) is 8.78 Å². The van der Waals surface area contributed by atoms with Gasteiger partial charge in [0.2, 0.25) is 9.84 Å². The highest BCUT2D eigenvalue weighted by atomic mass is 32.2. The highest BCUT2D eigenvalue weighted by Gasteiger charge is 2.47. The zero-order valence-corrected chi connectivity index (χ0v) is 11.8. The van der Waals surface area contributed by atoms with Gasteiger partial charge in [0.05, 0.1) is 17.4 Å². The molecule has 0 aliphatic heterocycles. The van der Waals surface area contributed by atoms with Crippen LogP contribution in [-0.4, -0.2) is 18.8 Å². The number of benzene rings is 2. The lowest BCUT2D eigenvalue weighted by Crippen LogP contribution is -2.31. The Hall–Kier alpha value is -1.79. The second kappa shape index (κ2) is 5.91. The van der Waals surface area contributed by atoms with Gasteiger partial charge in [0.25, 0.3) is 0 Å². The van der Waals surface area contributed by atoms with Crippen LogP contribution < -0.4 is 0 Å². The smallest absolute Gasteiger partial charge is 0.352 e. The van der Waals surface area contributed by atoms with E-state index in [2.05, 4.69) is 0 Å². The summed E-state index contributed by atoms with van der Waals surface area (Å²) in [7, 11) is -4.83. The Balaban J connectivity index is 2.26. The van der Waals surface area contributed by atoms with Gasteiger partial charge in [-0.1, -0.05) is 48.5 Å². The summed E-state index contributed by atoms with van der Waals surface area (Å²) in [6.07, 6.45) is -2.74. The summed E-state index contributed by atoms with van der Waals surface area (Å²) in [6, 6.07) is 14.3. The van der Waals surface area contributed by atoms with Crippen molar-refractivity contribution >= 4 is 9.84 Å². The van der Waals surface area contributed by atoms with E-state index in [4.69, 9.17) is 0 Å². The molecule has 0 spiro atoms. The van der Waals surface area contributed by atoms with Gasteiger partial charge >= 0.3 is 5.25 Å². The minimum absolute atomic E-state index is 0.250. The standard InChI is InChI=1S/C15H14F2O3S/c16-15(17,11-14(18)12-7-3-1-4-8-12)21(19,20)13-9-5-2-6-10-13/h1-10,14,18H,11H2. The number of aliphatic hydroxyl groups excluding tert-OH is 1. The Morgan fingerprint density at radius 1 is 0.952 bits per heavy atom. The molecule has 0 fully saturated rings. The number of halogens is 2. The first-order valence-corrected chi connectivity index (χ1v) is 7.73. The molecule has 2 aromatic rings. The average Bonchev–Trinajstić information content (AvgIpc) is 2.48. The molecule has 0 saturated carbocycles. The molecule has 0 aliphatic rings. The summed E-state index contributed by atoms with van der Waals surface area (Å²) in [5, 5.41) is 5.77. The Kier molecular flexibility index (Phi) is 4.39. The van der Waals surface area contributed by atoms with Crippen LogP contribution in [0.1, 0.15) is 18.1 Å². The SMILES string of the molecule is O=S(=O)(c1ccccc1)C(F)(F)CC(O)c1ccccc1.